The topological polar surface area (TPSA) is 55.4 Å². The fraction of sp³-hybridized carbons (Fsp3) is 1.00. The van der Waals surface area contributed by atoms with E-state index in [1.165, 1.54) is 0 Å². The van der Waals surface area contributed by atoms with Gasteiger partial charge in [-0.1, -0.05) is 0 Å². The maximum atomic E-state index is 5.96. The first-order valence-electron chi connectivity index (χ1n) is 8.75. The van der Waals surface area contributed by atoms with Crippen molar-refractivity contribution < 1.29 is 28.1 Å². The van der Waals surface area contributed by atoms with Gasteiger partial charge in [0.25, 0.3) is 0 Å². The highest BCUT2D eigenvalue weighted by molar-refractivity contribution is 7.11. The van der Waals surface area contributed by atoms with Gasteiger partial charge in [0.1, 0.15) is 0 Å². The molecule has 0 aromatic carbocycles. The molecule has 0 atom stereocenters. The van der Waals surface area contributed by atoms with Crippen LogP contribution < -0.4 is 0 Å². The van der Waals surface area contributed by atoms with E-state index < -0.39 is 14.0 Å². The van der Waals surface area contributed by atoms with Crippen molar-refractivity contribution >= 4 is 14.0 Å². The molecule has 0 aliphatic carbocycles. The van der Waals surface area contributed by atoms with E-state index in [4.69, 9.17) is 28.1 Å². The average Bonchev–Trinajstić information content (AvgIpc) is 2.81. The summed E-state index contributed by atoms with van der Waals surface area (Å²) in [5, 5.41) is 0. The van der Waals surface area contributed by atoms with Crippen LogP contribution in [0.25, 0.3) is 0 Å². The molecular formula is C16H32B2O6. The van der Waals surface area contributed by atoms with E-state index >= 15 is 0 Å². The molecule has 6 nitrogen and oxygen atoms in total. The van der Waals surface area contributed by atoms with E-state index in [0.717, 1.165) is 26.4 Å². The Balaban J connectivity index is 0.000000292. The molecule has 0 saturated carbocycles. The van der Waals surface area contributed by atoms with Crippen LogP contribution in [0.1, 0.15) is 55.4 Å². The molecule has 0 amide bonds. The van der Waals surface area contributed by atoms with Crippen LogP contribution in [0, 0.1) is 0 Å². The van der Waals surface area contributed by atoms with Gasteiger partial charge >= 0.3 is 14.0 Å². The molecule has 3 heterocycles. The number of hydrogen-bond acceptors (Lipinski definition) is 6. The largest absolute Gasteiger partial charge is 0.488 e. The van der Waals surface area contributed by atoms with Gasteiger partial charge in [0.2, 0.25) is 0 Å². The lowest BCUT2D eigenvalue weighted by Gasteiger charge is -2.32. The number of ether oxygens (including phenoxy) is 2. The lowest BCUT2D eigenvalue weighted by molar-refractivity contribution is -0.0334. The van der Waals surface area contributed by atoms with Crippen LogP contribution >= 0.6 is 0 Å². The van der Waals surface area contributed by atoms with E-state index in [1.54, 1.807) is 0 Å². The van der Waals surface area contributed by atoms with Gasteiger partial charge in [0.15, 0.2) is 0 Å². The van der Waals surface area contributed by atoms with Crippen molar-refractivity contribution in [1.82, 2.24) is 0 Å². The lowest BCUT2D eigenvalue weighted by Crippen LogP contribution is -2.41. The molecule has 0 aromatic rings. The predicted octanol–water partition coefficient (Wildman–Crippen LogP) is 2.28. The zero-order valence-corrected chi connectivity index (χ0v) is 16.4. The van der Waals surface area contributed by atoms with Crippen LogP contribution in [0.4, 0.5) is 0 Å². The summed E-state index contributed by atoms with van der Waals surface area (Å²) in [4.78, 5) is 0. The smallest absolute Gasteiger partial charge is 0.405 e. The minimum Gasteiger partial charge on any atom is -0.405 e. The molecule has 3 aliphatic rings. The second kappa shape index (κ2) is 6.89. The quantitative estimate of drug-likeness (QED) is 0.682. The summed E-state index contributed by atoms with van der Waals surface area (Å²) in [6.07, 6.45) is 0. The Morgan fingerprint density at radius 3 is 0.833 bits per heavy atom. The van der Waals surface area contributed by atoms with Crippen molar-refractivity contribution in [1.29, 1.82) is 0 Å². The van der Waals surface area contributed by atoms with Gasteiger partial charge in [0.05, 0.1) is 48.8 Å². The highest BCUT2D eigenvalue weighted by Crippen LogP contribution is 2.42. The first-order valence-corrected chi connectivity index (χ1v) is 8.75. The highest BCUT2D eigenvalue weighted by Gasteiger charge is 2.63. The first-order chi connectivity index (χ1) is 10.9. The molecule has 8 heteroatoms. The molecule has 3 fully saturated rings. The number of rotatable bonds is 1. The van der Waals surface area contributed by atoms with E-state index in [2.05, 4.69) is 0 Å². The van der Waals surface area contributed by atoms with Crippen molar-refractivity contribution in [3.8, 4) is 0 Å². The second-order valence-electron chi connectivity index (χ2n) is 8.47. The fourth-order valence-corrected chi connectivity index (χ4v) is 2.44. The van der Waals surface area contributed by atoms with Crippen LogP contribution in [-0.2, 0) is 28.1 Å². The molecular weight excluding hydrogens is 310 g/mol. The summed E-state index contributed by atoms with van der Waals surface area (Å²) in [7, 11) is -0.952. The van der Waals surface area contributed by atoms with Crippen molar-refractivity contribution in [2.24, 2.45) is 0 Å². The van der Waals surface area contributed by atoms with Crippen molar-refractivity contribution in [2.75, 3.05) is 26.4 Å². The van der Waals surface area contributed by atoms with Gasteiger partial charge in [-0.25, -0.2) is 0 Å². The van der Waals surface area contributed by atoms with E-state index in [0.29, 0.717) is 0 Å². The molecule has 3 rings (SSSR count). The monoisotopic (exact) mass is 342 g/mol. The number of hydrogen-bond donors (Lipinski definition) is 0. The summed E-state index contributed by atoms with van der Waals surface area (Å²) in [6, 6.07) is 0. The zero-order valence-electron chi connectivity index (χ0n) is 16.4. The maximum Gasteiger partial charge on any atom is 0.488 e. The van der Waals surface area contributed by atoms with Gasteiger partial charge in [-0.05, 0) is 55.4 Å². The Morgan fingerprint density at radius 2 is 0.667 bits per heavy atom. The molecule has 0 radical (unpaired) electrons. The summed E-state index contributed by atoms with van der Waals surface area (Å²) in [6.45, 7) is 19.3. The van der Waals surface area contributed by atoms with Gasteiger partial charge in [-0.2, -0.15) is 0 Å². The molecule has 138 valence electrons. The molecule has 0 aromatic heterocycles. The maximum absolute atomic E-state index is 5.96. The molecule has 0 unspecified atom stereocenters. The van der Waals surface area contributed by atoms with Crippen LogP contribution in [0.5, 0.6) is 0 Å². The van der Waals surface area contributed by atoms with Crippen LogP contribution in [0.3, 0.4) is 0 Å². The molecule has 24 heavy (non-hydrogen) atoms. The molecule has 0 N–H and O–H groups in total. The molecule has 3 aliphatic heterocycles. The van der Waals surface area contributed by atoms with E-state index in [-0.39, 0.29) is 22.4 Å². The van der Waals surface area contributed by atoms with E-state index in [9.17, 15) is 0 Å². The standard InChI is InChI=1S/C12H24B2O4.C4H8O2/c1-9(2)10(3,4)16-13(15-9)14-17-11(5,6)12(7,8)18-14;1-2-6-4-3-5-1/h1-8H3;1-4H2. The summed E-state index contributed by atoms with van der Waals surface area (Å²) >= 11 is 0. The first kappa shape index (κ1) is 20.2. The average molecular weight is 342 g/mol. The summed E-state index contributed by atoms with van der Waals surface area (Å²) in [5.74, 6) is 0. The minimum absolute atomic E-state index is 0.360. The van der Waals surface area contributed by atoms with Gasteiger partial charge in [0, 0.05) is 0 Å². The second-order valence-corrected chi connectivity index (χ2v) is 8.47. The van der Waals surface area contributed by atoms with E-state index in [1.807, 2.05) is 55.4 Å². The van der Waals surface area contributed by atoms with Crippen LogP contribution in [0.15, 0.2) is 0 Å². The van der Waals surface area contributed by atoms with Crippen LogP contribution in [-0.4, -0.2) is 62.9 Å². The van der Waals surface area contributed by atoms with Gasteiger partial charge < -0.3 is 28.1 Å². The van der Waals surface area contributed by atoms with Crippen molar-refractivity contribution in [3.05, 3.63) is 0 Å². The molecule has 3 saturated heterocycles. The van der Waals surface area contributed by atoms with Gasteiger partial charge in [-0.3, -0.25) is 0 Å². The Kier molecular flexibility index (Phi) is 5.80. The Hall–Kier alpha value is -0.110. The Labute approximate surface area is 147 Å². The third-order valence-electron chi connectivity index (χ3n) is 5.51. The summed E-state index contributed by atoms with van der Waals surface area (Å²) in [5.41, 5.74) is -1.44. The Morgan fingerprint density at radius 1 is 0.458 bits per heavy atom. The third-order valence-corrected chi connectivity index (χ3v) is 5.51. The predicted molar refractivity (Wildman–Crippen MR) is 93.8 cm³/mol. The van der Waals surface area contributed by atoms with Gasteiger partial charge in [-0.15, -0.1) is 0 Å². The SMILES string of the molecule is C1COCCO1.CC1(C)OB(B2OC(C)(C)C(C)(C)O2)OC1(C)C. The van der Waals surface area contributed by atoms with Crippen molar-refractivity contribution in [3.63, 3.8) is 0 Å². The lowest BCUT2D eigenvalue weighted by atomic mass is 9.49. The zero-order chi connectivity index (χ0) is 18.2. The molecule has 0 spiro atoms. The minimum atomic E-state index is -0.476. The highest BCUT2D eigenvalue weighted by atomic mass is 16.7. The normalized spacial score (nSPS) is 30.0. The van der Waals surface area contributed by atoms with Crippen molar-refractivity contribution in [2.45, 2.75) is 77.8 Å². The molecule has 0 bridgehead atoms. The fourth-order valence-electron chi connectivity index (χ4n) is 2.44. The third kappa shape index (κ3) is 4.17. The Bertz CT molecular complexity index is 357. The summed E-state index contributed by atoms with van der Waals surface area (Å²) < 4.78 is 33.7. The van der Waals surface area contributed by atoms with Crippen LogP contribution in [0.2, 0.25) is 0 Å².